The third-order valence-corrected chi connectivity index (χ3v) is 4.71. The molecule has 1 amide bonds. The van der Waals surface area contributed by atoms with E-state index in [4.69, 9.17) is 0 Å². The minimum atomic E-state index is -3.58. The average Bonchev–Trinajstić information content (AvgIpc) is 2.27. The monoisotopic (exact) mass is 297 g/mol. The van der Waals surface area contributed by atoms with Gasteiger partial charge in [0.2, 0.25) is 5.91 Å². The highest BCUT2D eigenvalue weighted by molar-refractivity contribution is 7.92. The molecule has 1 aromatic rings. The first kappa shape index (κ1) is 16.7. The Labute approximate surface area is 121 Å². The van der Waals surface area contributed by atoms with E-state index in [0.29, 0.717) is 0 Å². The molecule has 1 rings (SSSR count). The van der Waals surface area contributed by atoms with Crippen LogP contribution in [0.25, 0.3) is 0 Å². The molecule has 0 N–H and O–H groups in total. The van der Waals surface area contributed by atoms with Crippen molar-refractivity contribution in [2.75, 3.05) is 5.75 Å². The van der Waals surface area contributed by atoms with Crippen LogP contribution in [0.3, 0.4) is 0 Å². The van der Waals surface area contributed by atoms with Gasteiger partial charge in [-0.05, 0) is 46.8 Å². The fraction of sp³-hybridized carbons (Fsp3) is 0.533. The number of aryl methyl sites for hydroxylation is 1. The van der Waals surface area contributed by atoms with Gasteiger partial charge < -0.3 is 4.90 Å². The molecule has 0 radical (unpaired) electrons. The summed E-state index contributed by atoms with van der Waals surface area (Å²) in [4.78, 5) is 14.0. The summed E-state index contributed by atoms with van der Waals surface area (Å²) in [5.41, 5.74) is 0.987. The van der Waals surface area contributed by atoms with Crippen LogP contribution >= 0.6 is 0 Å². The molecule has 0 aliphatic carbocycles. The summed E-state index contributed by atoms with van der Waals surface area (Å²) in [5.74, 6) is -0.831. The molecule has 112 valence electrons. The molecule has 0 aromatic heterocycles. The largest absolute Gasteiger partial charge is 0.337 e. The normalized spacial score (nSPS) is 11.9. The summed E-state index contributed by atoms with van der Waals surface area (Å²) in [6.45, 7) is 9.43. The highest BCUT2D eigenvalue weighted by Gasteiger charge is 2.26. The molecular formula is C15H23NO3S. The number of hydrogen-bond acceptors (Lipinski definition) is 3. The van der Waals surface area contributed by atoms with Gasteiger partial charge >= 0.3 is 0 Å². The van der Waals surface area contributed by atoms with Gasteiger partial charge in [-0.1, -0.05) is 17.7 Å². The van der Waals surface area contributed by atoms with Crippen LogP contribution in [0.4, 0.5) is 0 Å². The molecule has 0 unspecified atom stereocenters. The van der Waals surface area contributed by atoms with E-state index in [-0.39, 0.29) is 22.9 Å². The number of carbonyl (C=O) groups is 1. The Morgan fingerprint density at radius 1 is 1.05 bits per heavy atom. The van der Waals surface area contributed by atoms with Crippen molar-refractivity contribution < 1.29 is 13.2 Å². The highest BCUT2D eigenvalue weighted by Crippen LogP contribution is 2.14. The molecule has 4 nitrogen and oxygen atoms in total. The van der Waals surface area contributed by atoms with Crippen LogP contribution in [0.2, 0.25) is 0 Å². The van der Waals surface area contributed by atoms with Crippen molar-refractivity contribution in [2.45, 2.75) is 51.6 Å². The van der Waals surface area contributed by atoms with Crippen LogP contribution in [0, 0.1) is 6.92 Å². The number of rotatable bonds is 5. The summed E-state index contributed by atoms with van der Waals surface area (Å²) >= 11 is 0. The standard InChI is InChI=1S/C15H23NO3S/c1-11(2)16(12(3)4)15(17)10-20(18,19)14-8-6-13(5)7-9-14/h6-9,11-12H,10H2,1-5H3. The maximum atomic E-state index is 12.3. The molecule has 0 heterocycles. The molecule has 0 bridgehead atoms. The average molecular weight is 297 g/mol. The van der Waals surface area contributed by atoms with Gasteiger partial charge in [-0.15, -0.1) is 0 Å². The second kappa shape index (κ2) is 6.39. The maximum Gasteiger partial charge on any atom is 0.238 e. The molecule has 5 heteroatoms. The highest BCUT2D eigenvalue weighted by atomic mass is 32.2. The lowest BCUT2D eigenvalue weighted by Crippen LogP contribution is -2.44. The Hall–Kier alpha value is -1.36. The van der Waals surface area contributed by atoms with Crippen LogP contribution in [-0.2, 0) is 14.6 Å². The predicted octanol–water partition coefficient (Wildman–Crippen LogP) is 2.41. The second-order valence-electron chi connectivity index (χ2n) is 5.56. The Bertz CT molecular complexity index is 551. The minimum absolute atomic E-state index is 0.0179. The Morgan fingerprint density at radius 3 is 1.90 bits per heavy atom. The number of hydrogen-bond donors (Lipinski definition) is 0. The summed E-state index contributed by atoms with van der Waals surface area (Å²) < 4.78 is 24.5. The molecule has 20 heavy (non-hydrogen) atoms. The van der Waals surface area contributed by atoms with Gasteiger partial charge in [-0.25, -0.2) is 8.42 Å². The lowest BCUT2D eigenvalue weighted by molar-refractivity contribution is -0.131. The van der Waals surface area contributed by atoms with Crippen molar-refractivity contribution in [1.82, 2.24) is 4.90 Å². The number of amides is 1. The lowest BCUT2D eigenvalue weighted by atomic mass is 10.2. The number of benzene rings is 1. The number of carbonyl (C=O) groups excluding carboxylic acids is 1. The number of sulfone groups is 1. The van der Waals surface area contributed by atoms with E-state index in [1.54, 1.807) is 29.2 Å². The van der Waals surface area contributed by atoms with Gasteiger partial charge in [0.25, 0.3) is 0 Å². The zero-order valence-corrected chi connectivity index (χ0v) is 13.6. The van der Waals surface area contributed by atoms with Crippen LogP contribution in [-0.4, -0.2) is 37.1 Å². The van der Waals surface area contributed by atoms with E-state index in [1.165, 1.54) is 0 Å². The maximum absolute atomic E-state index is 12.3. The van der Waals surface area contributed by atoms with E-state index in [9.17, 15) is 13.2 Å². The van der Waals surface area contributed by atoms with Crippen molar-refractivity contribution in [2.24, 2.45) is 0 Å². The summed E-state index contributed by atoms with van der Waals surface area (Å²) in [5, 5.41) is 0. The molecular weight excluding hydrogens is 274 g/mol. The van der Waals surface area contributed by atoms with Crippen molar-refractivity contribution in [1.29, 1.82) is 0 Å². The van der Waals surface area contributed by atoms with Gasteiger partial charge in [-0.3, -0.25) is 4.79 Å². The van der Waals surface area contributed by atoms with Crippen LogP contribution < -0.4 is 0 Å². The van der Waals surface area contributed by atoms with Crippen molar-refractivity contribution in [3.8, 4) is 0 Å². The van der Waals surface area contributed by atoms with Gasteiger partial charge in [-0.2, -0.15) is 0 Å². The lowest BCUT2D eigenvalue weighted by Gasteiger charge is -2.30. The van der Waals surface area contributed by atoms with Gasteiger partial charge in [0.1, 0.15) is 5.75 Å². The van der Waals surface area contributed by atoms with E-state index in [0.717, 1.165) is 5.56 Å². The molecule has 0 aliphatic rings. The molecule has 0 fully saturated rings. The van der Waals surface area contributed by atoms with Crippen LogP contribution in [0.15, 0.2) is 29.2 Å². The molecule has 1 aromatic carbocycles. The zero-order valence-electron chi connectivity index (χ0n) is 12.8. The van der Waals surface area contributed by atoms with Crippen LogP contribution in [0.1, 0.15) is 33.3 Å². The summed E-state index contributed by atoms with van der Waals surface area (Å²) in [6.07, 6.45) is 0. The fourth-order valence-corrected chi connectivity index (χ4v) is 3.43. The van der Waals surface area contributed by atoms with Crippen molar-refractivity contribution >= 4 is 15.7 Å². The first-order chi connectivity index (χ1) is 9.15. The van der Waals surface area contributed by atoms with E-state index < -0.39 is 15.6 Å². The smallest absolute Gasteiger partial charge is 0.238 e. The molecule has 0 saturated heterocycles. The first-order valence-electron chi connectivity index (χ1n) is 6.75. The third-order valence-electron chi connectivity index (χ3n) is 3.09. The topological polar surface area (TPSA) is 54.5 Å². The SMILES string of the molecule is Cc1ccc(S(=O)(=O)CC(=O)N(C(C)C)C(C)C)cc1. The molecule has 0 spiro atoms. The zero-order chi connectivity index (χ0) is 15.5. The van der Waals surface area contributed by atoms with Crippen molar-refractivity contribution in [3.63, 3.8) is 0 Å². The molecule has 0 atom stereocenters. The van der Waals surface area contributed by atoms with E-state index in [1.807, 2.05) is 34.6 Å². The first-order valence-corrected chi connectivity index (χ1v) is 8.41. The second-order valence-corrected chi connectivity index (χ2v) is 7.55. The van der Waals surface area contributed by atoms with Gasteiger partial charge in [0, 0.05) is 12.1 Å². The Morgan fingerprint density at radius 2 is 1.50 bits per heavy atom. The fourth-order valence-electron chi connectivity index (χ4n) is 2.24. The van der Waals surface area contributed by atoms with E-state index in [2.05, 4.69) is 0 Å². The quantitative estimate of drug-likeness (QED) is 0.838. The predicted molar refractivity (Wildman–Crippen MR) is 80.3 cm³/mol. The third kappa shape index (κ3) is 4.07. The number of nitrogens with zero attached hydrogens (tertiary/aromatic N) is 1. The van der Waals surface area contributed by atoms with E-state index >= 15 is 0 Å². The Balaban J connectivity index is 2.96. The Kier molecular flexibility index (Phi) is 5.34. The summed E-state index contributed by atoms with van der Waals surface area (Å²) in [6, 6.07) is 6.53. The van der Waals surface area contributed by atoms with Gasteiger partial charge in [0.15, 0.2) is 9.84 Å². The molecule has 0 saturated carbocycles. The van der Waals surface area contributed by atoms with Gasteiger partial charge in [0.05, 0.1) is 4.90 Å². The summed E-state index contributed by atoms with van der Waals surface area (Å²) in [7, 11) is -3.58. The van der Waals surface area contributed by atoms with Crippen molar-refractivity contribution in [3.05, 3.63) is 29.8 Å². The van der Waals surface area contributed by atoms with Crippen LogP contribution in [0.5, 0.6) is 0 Å². The molecule has 0 aliphatic heterocycles. The minimum Gasteiger partial charge on any atom is -0.337 e.